The zero-order chi connectivity index (χ0) is 13.9. The second-order valence-electron chi connectivity index (χ2n) is 4.36. The average molecular weight is 268 g/mol. The van der Waals surface area contributed by atoms with E-state index in [1.807, 2.05) is 24.3 Å². The summed E-state index contributed by atoms with van der Waals surface area (Å²) in [5, 5.41) is 14.2. The third-order valence-corrected chi connectivity index (χ3v) is 3.03. The van der Waals surface area contributed by atoms with Crippen molar-refractivity contribution < 1.29 is 14.3 Å². The molecule has 2 N–H and O–H groups in total. The second-order valence-corrected chi connectivity index (χ2v) is 4.36. The van der Waals surface area contributed by atoms with Gasteiger partial charge in [0.15, 0.2) is 0 Å². The molecule has 0 unspecified atom stereocenters. The number of aromatic nitrogens is 1. The molecule has 0 aliphatic rings. The summed E-state index contributed by atoms with van der Waals surface area (Å²) in [6.45, 7) is 0.425. The zero-order valence-corrected chi connectivity index (χ0v) is 10.5. The van der Waals surface area contributed by atoms with Gasteiger partial charge in [-0.3, -0.25) is 4.98 Å². The molecule has 20 heavy (non-hydrogen) atoms. The maximum absolute atomic E-state index is 10.8. The van der Waals surface area contributed by atoms with Crippen LogP contribution in [-0.2, 0) is 6.54 Å². The first-order valence-electron chi connectivity index (χ1n) is 6.11. The maximum Gasteiger partial charge on any atom is 0.338 e. The standard InChI is InChI=1S/C15H12N2O3/c18-15(19)11-6-12(20-9-11)8-17-14-3-1-2-10-7-16-5-4-13(10)14/h1-7,9,17H,8H2,(H,18,19). The molecule has 3 rings (SSSR count). The molecule has 2 aromatic heterocycles. The molecule has 2 heterocycles. The van der Waals surface area contributed by atoms with Gasteiger partial charge in [-0.15, -0.1) is 0 Å². The van der Waals surface area contributed by atoms with Crippen molar-refractivity contribution in [3.8, 4) is 0 Å². The van der Waals surface area contributed by atoms with Crippen LogP contribution >= 0.6 is 0 Å². The fourth-order valence-electron chi connectivity index (χ4n) is 2.04. The van der Waals surface area contributed by atoms with Crippen LogP contribution in [0.2, 0.25) is 0 Å². The number of carboxylic acids is 1. The van der Waals surface area contributed by atoms with Crippen LogP contribution in [-0.4, -0.2) is 16.1 Å². The molecule has 0 saturated carbocycles. The Morgan fingerprint density at radius 2 is 2.25 bits per heavy atom. The highest BCUT2D eigenvalue weighted by atomic mass is 16.4. The predicted octanol–water partition coefficient (Wildman–Crippen LogP) is 3.14. The predicted molar refractivity (Wildman–Crippen MR) is 74.7 cm³/mol. The van der Waals surface area contributed by atoms with Crippen molar-refractivity contribution in [1.29, 1.82) is 0 Å². The van der Waals surface area contributed by atoms with Crippen molar-refractivity contribution in [3.63, 3.8) is 0 Å². The van der Waals surface area contributed by atoms with Gasteiger partial charge in [-0.05, 0) is 18.2 Å². The molecule has 0 bridgehead atoms. The van der Waals surface area contributed by atoms with Crippen LogP contribution in [0.25, 0.3) is 10.8 Å². The minimum atomic E-state index is -0.990. The van der Waals surface area contributed by atoms with E-state index in [0.29, 0.717) is 12.3 Å². The Kier molecular flexibility index (Phi) is 3.09. The number of carbonyl (C=O) groups is 1. The molecule has 0 aliphatic heterocycles. The van der Waals surface area contributed by atoms with Crippen LogP contribution in [0.3, 0.4) is 0 Å². The first kappa shape index (κ1) is 12.2. The Hall–Kier alpha value is -2.82. The number of anilines is 1. The zero-order valence-electron chi connectivity index (χ0n) is 10.5. The van der Waals surface area contributed by atoms with E-state index < -0.39 is 5.97 Å². The van der Waals surface area contributed by atoms with Gasteiger partial charge in [0.25, 0.3) is 0 Å². The summed E-state index contributed by atoms with van der Waals surface area (Å²) in [6.07, 6.45) is 4.78. The van der Waals surface area contributed by atoms with Crippen molar-refractivity contribution in [1.82, 2.24) is 4.98 Å². The summed E-state index contributed by atoms with van der Waals surface area (Å²) in [6, 6.07) is 9.34. The van der Waals surface area contributed by atoms with Gasteiger partial charge in [0.1, 0.15) is 12.0 Å². The molecule has 0 saturated heterocycles. The molecule has 0 spiro atoms. The van der Waals surface area contributed by atoms with Crippen molar-refractivity contribution in [2.45, 2.75) is 6.54 Å². The fourth-order valence-corrected chi connectivity index (χ4v) is 2.04. The van der Waals surface area contributed by atoms with Gasteiger partial charge in [0.05, 0.1) is 12.1 Å². The Balaban J connectivity index is 1.81. The summed E-state index contributed by atoms with van der Waals surface area (Å²) in [4.78, 5) is 14.9. The van der Waals surface area contributed by atoms with E-state index in [9.17, 15) is 4.79 Å². The fraction of sp³-hybridized carbons (Fsp3) is 0.0667. The number of aromatic carboxylic acids is 1. The van der Waals surface area contributed by atoms with Gasteiger partial charge in [-0.1, -0.05) is 12.1 Å². The van der Waals surface area contributed by atoms with E-state index in [1.54, 1.807) is 12.4 Å². The first-order chi connectivity index (χ1) is 9.74. The van der Waals surface area contributed by atoms with Gasteiger partial charge in [-0.2, -0.15) is 0 Å². The second kappa shape index (κ2) is 5.05. The quantitative estimate of drug-likeness (QED) is 0.760. The molecule has 0 radical (unpaired) electrons. The molecule has 0 fully saturated rings. The highest BCUT2D eigenvalue weighted by Gasteiger charge is 2.08. The molecule has 1 aromatic carbocycles. The summed E-state index contributed by atoms with van der Waals surface area (Å²) in [7, 11) is 0. The van der Waals surface area contributed by atoms with Crippen LogP contribution in [0.5, 0.6) is 0 Å². The van der Waals surface area contributed by atoms with Crippen molar-refractivity contribution >= 4 is 22.4 Å². The Morgan fingerprint density at radius 3 is 3.05 bits per heavy atom. The molecule has 5 nitrogen and oxygen atoms in total. The lowest BCUT2D eigenvalue weighted by Gasteiger charge is -2.07. The van der Waals surface area contributed by atoms with Crippen LogP contribution in [0.1, 0.15) is 16.1 Å². The van der Waals surface area contributed by atoms with Gasteiger partial charge < -0.3 is 14.8 Å². The normalized spacial score (nSPS) is 10.6. The van der Waals surface area contributed by atoms with E-state index in [4.69, 9.17) is 9.52 Å². The lowest BCUT2D eigenvalue weighted by atomic mass is 10.1. The average Bonchev–Trinajstić information content (AvgIpc) is 2.94. The number of benzene rings is 1. The largest absolute Gasteiger partial charge is 0.478 e. The number of carboxylic acid groups (broad SMARTS) is 1. The van der Waals surface area contributed by atoms with E-state index in [2.05, 4.69) is 10.3 Å². The Labute approximate surface area is 114 Å². The number of nitrogens with one attached hydrogen (secondary N) is 1. The van der Waals surface area contributed by atoms with E-state index >= 15 is 0 Å². The third-order valence-electron chi connectivity index (χ3n) is 3.03. The molecule has 0 atom stereocenters. The molecular weight excluding hydrogens is 256 g/mol. The van der Waals surface area contributed by atoms with E-state index in [1.165, 1.54) is 12.3 Å². The topological polar surface area (TPSA) is 75.4 Å². The number of furan rings is 1. The summed E-state index contributed by atoms with van der Waals surface area (Å²) < 4.78 is 5.20. The smallest absolute Gasteiger partial charge is 0.338 e. The Bertz CT molecular complexity index is 759. The number of pyridine rings is 1. The molecule has 5 heteroatoms. The molecule has 0 aliphatic carbocycles. The SMILES string of the molecule is O=C(O)c1coc(CNc2cccc3cnccc23)c1. The number of hydrogen-bond donors (Lipinski definition) is 2. The van der Waals surface area contributed by atoms with E-state index in [-0.39, 0.29) is 5.56 Å². The monoisotopic (exact) mass is 268 g/mol. The van der Waals surface area contributed by atoms with Gasteiger partial charge >= 0.3 is 5.97 Å². The lowest BCUT2D eigenvalue weighted by molar-refractivity contribution is 0.0696. The first-order valence-corrected chi connectivity index (χ1v) is 6.11. The van der Waals surface area contributed by atoms with Gasteiger partial charge in [0.2, 0.25) is 0 Å². The summed E-state index contributed by atoms with van der Waals surface area (Å²) >= 11 is 0. The van der Waals surface area contributed by atoms with Crippen molar-refractivity contribution in [3.05, 3.63) is 60.3 Å². The van der Waals surface area contributed by atoms with Crippen molar-refractivity contribution in [2.24, 2.45) is 0 Å². The van der Waals surface area contributed by atoms with Gasteiger partial charge in [0, 0.05) is 28.9 Å². The molecular formula is C15H12N2O3. The maximum atomic E-state index is 10.8. The molecule has 3 aromatic rings. The minimum absolute atomic E-state index is 0.156. The summed E-state index contributed by atoms with van der Waals surface area (Å²) in [5.41, 5.74) is 1.11. The lowest BCUT2D eigenvalue weighted by Crippen LogP contribution is -1.99. The van der Waals surface area contributed by atoms with Crippen molar-refractivity contribution in [2.75, 3.05) is 5.32 Å². The van der Waals surface area contributed by atoms with Crippen LogP contribution < -0.4 is 5.32 Å². The highest BCUT2D eigenvalue weighted by Crippen LogP contribution is 2.22. The molecule has 0 amide bonds. The third kappa shape index (κ3) is 2.33. The van der Waals surface area contributed by atoms with E-state index in [0.717, 1.165) is 16.5 Å². The minimum Gasteiger partial charge on any atom is -0.478 e. The highest BCUT2D eigenvalue weighted by molar-refractivity contribution is 5.93. The van der Waals surface area contributed by atoms with Crippen LogP contribution in [0.15, 0.2) is 53.4 Å². The van der Waals surface area contributed by atoms with Gasteiger partial charge in [-0.25, -0.2) is 4.79 Å². The number of rotatable bonds is 4. The van der Waals surface area contributed by atoms with Crippen LogP contribution in [0, 0.1) is 0 Å². The Morgan fingerprint density at radius 1 is 1.35 bits per heavy atom. The summed E-state index contributed by atoms with van der Waals surface area (Å²) in [5.74, 6) is -0.412. The van der Waals surface area contributed by atoms with Crippen LogP contribution in [0.4, 0.5) is 5.69 Å². The number of hydrogen-bond acceptors (Lipinski definition) is 4. The number of fused-ring (bicyclic) bond motifs is 1. The molecule has 100 valence electrons. The number of nitrogens with zero attached hydrogens (tertiary/aromatic N) is 1.